The van der Waals surface area contributed by atoms with Crippen molar-refractivity contribution in [1.29, 1.82) is 0 Å². The highest BCUT2D eigenvalue weighted by Gasteiger charge is 2.34. The van der Waals surface area contributed by atoms with Crippen molar-refractivity contribution in [3.63, 3.8) is 0 Å². The molecule has 0 N–H and O–H groups in total. The number of hydroxylamine groups is 1. The number of aliphatic imine (C=N–C) groups is 1. The molecule has 1 fully saturated rings. The van der Waals surface area contributed by atoms with Crippen molar-refractivity contribution in [2.45, 2.75) is 13.3 Å². The lowest BCUT2D eigenvalue weighted by Crippen LogP contribution is -2.47. The Bertz CT molecular complexity index is 490. The molecular formula is C14H19N3O3. The van der Waals surface area contributed by atoms with Crippen LogP contribution in [0.1, 0.15) is 13.3 Å². The van der Waals surface area contributed by atoms with Gasteiger partial charge in [0, 0.05) is 12.5 Å². The number of nitrogens with zero attached hydrogens (tertiary/aromatic N) is 3. The Balaban J connectivity index is 2.29. The molecule has 1 unspecified atom stereocenters. The molecule has 1 atom stereocenters. The van der Waals surface area contributed by atoms with E-state index in [1.54, 1.807) is 5.01 Å². The summed E-state index contributed by atoms with van der Waals surface area (Å²) < 4.78 is 4.71. The van der Waals surface area contributed by atoms with E-state index in [-0.39, 0.29) is 5.92 Å². The van der Waals surface area contributed by atoms with Gasteiger partial charge in [0.15, 0.2) is 0 Å². The molecule has 6 nitrogen and oxygen atoms in total. The molecule has 2 rings (SSSR count). The summed E-state index contributed by atoms with van der Waals surface area (Å²) in [6, 6.07) is 9.64. The normalized spacial score (nSPS) is 20.2. The van der Waals surface area contributed by atoms with E-state index in [1.807, 2.05) is 30.3 Å². The molecule has 1 aliphatic rings. The summed E-state index contributed by atoms with van der Waals surface area (Å²) in [6.07, 6.45) is 0.338. The van der Waals surface area contributed by atoms with Crippen LogP contribution in [0.2, 0.25) is 0 Å². The maximum absolute atomic E-state index is 11.7. The lowest BCUT2D eigenvalue weighted by Gasteiger charge is -2.29. The molecule has 1 saturated heterocycles. The van der Waals surface area contributed by atoms with Crippen LogP contribution in [0, 0.1) is 5.92 Å². The average molecular weight is 277 g/mol. The van der Waals surface area contributed by atoms with Gasteiger partial charge in [-0.2, -0.15) is 0 Å². The first-order valence-corrected chi connectivity index (χ1v) is 6.50. The first-order chi connectivity index (χ1) is 9.67. The van der Waals surface area contributed by atoms with Crippen LogP contribution >= 0.6 is 0 Å². The number of methoxy groups -OCH3 is 1. The van der Waals surface area contributed by atoms with Gasteiger partial charge in [0.05, 0.1) is 19.9 Å². The largest absolute Gasteiger partial charge is 0.454 e. The SMILES string of the molecule is COC(=O)N(OC)N1CCC(C)C1=Nc1ccccc1. The maximum atomic E-state index is 11.7. The molecule has 1 aromatic carbocycles. The quantitative estimate of drug-likeness (QED) is 0.797. The summed E-state index contributed by atoms with van der Waals surface area (Å²) >= 11 is 0. The van der Waals surface area contributed by atoms with E-state index in [2.05, 4.69) is 11.9 Å². The summed E-state index contributed by atoms with van der Waals surface area (Å²) in [7, 11) is 2.75. The molecule has 0 bridgehead atoms. The maximum Gasteiger partial charge on any atom is 0.454 e. The van der Waals surface area contributed by atoms with Crippen LogP contribution in [0.3, 0.4) is 0 Å². The third-order valence-electron chi connectivity index (χ3n) is 3.20. The summed E-state index contributed by atoms with van der Waals surface area (Å²) in [5.74, 6) is 1.04. The van der Waals surface area contributed by atoms with Gasteiger partial charge in [-0.25, -0.2) is 14.8 Å². The van der Waals surface area contributed by atoms with Gasteiger partial charge < -0.3 is 4.74 Å². The first kappa shape index (κ1) is 14.3. The highest BCUT2D eigenvalue weighted by molar-refractivity contribution is 5.89. The van der Waals surface area contributed by atoms with Crippen molar-refractivity contribution in [3.05, 3.63) is 30.3 Å². The van der Waals surface area contributed by atoms with Crippen molar-refractivity contribution in [2.24, 2.45) is 10.9 Å². The molecule has 1 aromatic rings. The average Bonchev–Trinajstić information content (AvgIpc) is 2.82. The van der Waals surface area contributed by atoms with Crippen LogP contribution in [0.15, 0.2) is 35.3 Å². The van der Waals surface area contributed by atoms with E-state index in [0.29, 0.717) is 6.54 Å². The van der Waals surface area contributed by atoms with Gasteiger partial charge in [0.2, 0.25) is 0 Å². The molecule has 0 spiro atoms. The van der Waals surface area contributed by atoms with Crippen LogP contribution in [0.4, 0.5) is 10.5 Å². The number of carbonyl (C=O) groups is 1. The fourth-order valence-corrected chi connectivity index (χ4v) is 2.15. The zero-order chi connectivity index (χ0) is 14.5. The smallest absolute Gasteiger partial charge is 0.450 e. The van der Waals surface area contributed by atoms with Gasteiger partial charge in [-0.3, -0.25) is 4.84 Å². The molecule has 0 radical (unpaired) electrons. The Labute approximate surface area is 118 Å². The van der Waals surface area contributed by atoms with E-state index in [9.17, 15) is 4.79 Å². The molecule has 0 saturated carbocycles. The fraction of sp³-hybridized carbons (Fsp3) is 0.429. The zero-order valence-corrected chi connectivity index (χ0v) is 11.9. The number of benzene rings is 1. The first-order valence-electron chi connectivity index (χ1n) is 6.50. The second-order valence-corrected chi connectivity index (χ2v) is 4.54. The predicted molar refractivity (Wildman–Crippen MR) is 75.3 cm³/mol. The van der Waals surface area contributed by atoms with Gasteiger partial charge in [-0.05, 0) is 18.6 Å². The Morgan fingerprint density at radius 1 is 1.35 bits per heavy atom. The standard InChI is InChI=1S/C14H19N3O3/c1-11-9-10-16(17(20-3)14(18)19-2)13(11)15-12-7-5-4-6-8-12/h4-8,11H,9-10H2,1-3H3. The Kier molecular flexibility index (Phi) is 4.57. The molecule has 20 heavy (non-hydrogen) atoms. The van der Waals surface area contributed by atoms with E-state index >= 15 is 0 Å². The van der Waals surface area contributed by atoms with Crippen molar-refractivity contribution in [3.8, 4) is 0 Å². The van der Waals surface area contributed by atoms with E-state index in [1.165, 1.54) is 14.2 Å². The number of amides is 1. The zero-order valence-electron chi connectivity index (χ0n) is 11.9. The second-order valence-electron chi connectivity index (χ2n) is 4.54. The summed E-state index contributed by atoms with van der Waals surface area (Å²) in [6.45, 7) is 2.74. The second kappa shape index (κ2) is 6.38. The van der Waals surface area contributed by atoms with Gasteiger partial charge in [0.1, 0.15) is 5.84 Å². The van der Waals surface area contributed by atoms with Crippen LogP contribution in [-0.4, -0.2) is 42.9 Å². The minimum atomic E-state index is -0.567. The molecule has 0 aromatic heterocycles. The van der Waals surface area contributed by atoms with Crippen LogP contribution < -0.4 is 0 Å². The predicted octanol–water partition coefficient (Wildman–Crippen LogP) is 2.60. The molecule has 108 valence electrons. The van der Waals surface area contributed by atoms with Gasteiger partial charge >= 0.3 is 6.09 Å². The molecule has 0 aliphatic carbocycles. The molecule has 6 heteroatoms. The molecule has 1 aliphatic heterocycles. The van der Waals surface area contributed by atoms with Crippen LogP contribution in [0.25, 0.3) is 0 Å². The van der Waals surface area contributed by atoms with Crippen molar-refractivity contribution in [1.82, 2.24) is 10.2 Å². The minimum absolute atomic E-state index is 0.248. The third-order valence-corrected chi connectivity index (χ3v) is 3.20. The minimum Gasteiger partial charge on any atom is -0.450 e. The summed E-state index contributed by atoms with van der Waals surface area (Å²) in [4.78, 5) is 21.4. The lowest BCUT2D eigenvalue weighted by atomic mass is 10.1. The topological polar surface area (TPSA) is 54.4 Å². The number of rotatable bonds is 3. The third kappa shape index (κ3) is 2.91. The summed E-state index contributed by atoms with van der Waals surface area (Å²) in [5, 5.41) is 2.81. The number of carbonyl (C=O) groups excluding carboxylic acids is 1. The number of para-hydroxylation sites is 1. The fourth-order valence-electron chi connectivity index (χ4n) is 2.15. The highest BCUT2D eigenvalue weighted by Crippen LogP contribution is 2.24. The molecular weight excluding hydrogens is 258 g/mol. The molecule has 1 amide bonds. The number of hydrogen-bond acceptors (Lipinski definition) is 4. The molecule has 1 heterocycles. The van der Waals surface area contributed by atoms with Gasteiger partial charge in [-0.1, -0.05) is 30.3 Å². The number of amidine groups is 1. The van der Waals surface area contributed by atoms with Gasteiger partial charge in [-0.15, -0.1) is 0 Å². The van der Waals surface area contributed by atoms with E-state index in [4.69, 9.17) is 9.57 Å². The van der Waals surface area contributed by atoms with E-state index < -0.39 is 6.09 Å². The Hall–Kier alpha value is -2.08. The van der Waals surface area contributed by atoms with Crippen molar-refractivity contribution < 1.29 is 14.4 Å². The highest BCUT2D eigenvalue weighted by atomic mass is 16.8. The van der Waals surface area contributed by atoms with E-state index in [0.717, 1.165) is 23.1 Å². The van der Waals surface area contributed by atoms with Gasteiger partial charge in [0.25, 0.3) is 0 Å². The number of ether oxygens (including phenoxy) is 1. The Morgan fingerprint density at radius 2 is 2.05 bits per heavy atom. The Morgan fingerprint density at radius 3 is 2.65 bits per heavy atom. The van der Waals surface area contributed by atoms with Crippen LogP contribution in [0.5, 0.6) is 0 Å². The lowest BCUT2D eigenvalue weighted by molar-refractivity contribution is -0.202. The monoisotopic (exact) mass is 277 g/mol. The number of hydrogen-bond donors (Lipinski definition) is 0. The van der Waals surface area contributed by atoms with Crippen LogP contribution in [-0.2, 0) is 9.57 Å². The summed E-state index contributed by atoms with van der Waals surface area (Å²) in [5.41, 5.74) is 0.849. The van der Waals surface area contributed by atoms with Crippen molar-refractivity contribution >= 4 is 17.6 Å². The van der Waals surface area contributed by atoms with Crippen molar-refractivity contribution in [2.75, 3.05) is 20.8 Å². The number of hydrazine groups is 1.